The van der Waals surface area contributed by atoms with Crippen LogP contribution in [0.4, 0.5) is 4.39 Å². The molecule has 0 aromatic heterocycles. The first-order valence-electron chi connectivity index (χ1n) is 5.42. The van der Waals surface area contributed by atoms with Crippen molar-refractivity contribution in [3.05, 3.63) is 29.6 Å². The van der Waals surface area contributed by atoms with Crippen LogP contribution in [0.5, 0.6) is 5.75 Å². The van der Waals surface area contributed by atoms with Gasteiger partial charge in [-0.05, 0) is 19.1 Å². The van der Waals surface area contributed by atoms with Crippen molar-refractivity contribution in [3.8, 4) is 5.75 Å². The van der Waals surface area contributed by atoms with Gasteiger partial charge in [-0.1, -0.05) is 0 Å². The van der Waals surface area contributed by atoms with Crippen LogP contribution >= 0.6 is 0 Å². The first-order chi connectivity index (χ1) is 8.71. The molecule has 104 valence electrons. The normalized spacial score (nSPS) is 13.6. The number of carbonyl (C=O) groups excluding carboxylic acids is 1. The largest absolute Gasteiger partial charge is 0.508 e. The number of phenols is 1. The van der Waals surface area contributed by atoms with E-state index in [0.717, 1.165) is 18.2 Å². The van der Waals surface area contributed by atoms with Crippen molar-refractivity contribution in [1.29, 1.82) is 0 Å². The van der Waals surface area contributed by atoms with Crippen LogP contribution in [0.15, 0.2) is 18.2 Å². The Hall–Kier alpha value is -2.15. The monoisotopic (exact) mass is 271 g/mol. The number of aliphatic hydroxyl groups is 1. The van der Waals surface area contributed by atoms with E-state index in [4.69, 9.17) is 10.2 Å². The van der Waals surface area contributed by atoms with Crippen LogP contribution in [-0.2, 0) is 4.79 Å². The Labute approximate surface area is 108 Å². The summed E-state index contributed by atoms with van der Waals surface area (Å²) in [7, 11) is 0. The Morgan fingerprint density at radius 3 is 2.58 bits per heavy atom. The minimum Gasteiger partial charge on any atom is -0.508 e. The Morgan fingerprint density at radius 1 is 1.42 bits per heavy atom. The topological polar surface area (TPSA) is 107 Å². The lowest BCUT2D eigenvalue weighted by Crippen LogP contribution is -2.42. The summed E-state index contributed by atoms with van der Waals surface area (Å²) in [5, 5.41) is 29.4. The summed E-state index contributed by atoms with van der Waals surface area (Å²) >= 11 is 0. The van der Waals surface area contributed by atoms with Gasteiger partial charge in [-0.25, -0.2) is 4.39 Å². The van der Waals surface area contributed by atoms with E-state index in [-0.39, 0.29) is 17.9 Å². The minimum absolute atomic E-state index is 0.302. The fourth-order valence-corrected chi connectivity index (χ4v) is 1.44. The third-order valence-corrected chi connectivity index (χ3v) is 2.36. The van der Waals surface area contributed by atoms with Crippen molar-refractivity contribution in [2.75, 3.05) is 6.54 Å². The van der Waals surface area contributed by atoms with Gasteiger partial charge in [0.15, 0.2) is 0 Å². The summed E-state index contributed by atoms with van der Waals surface area (Å²) in [5.74, 6) is -3.24. The molecule has 1 rings (SSSR count). The van der Waals surface area contributed by atoms with E-state index in [1.165, 1.54) is 6.92 Å². The number of rotatable bonds is 5. The maximum absolute atomic E-state index is 13.4. The number of carboxylic acid groups (broad SMARTS) is 1. The van der Waals surface area contributed by atoms with Gasteiger partial charge in [-0.3, -0.25) is 9.59 Å². The molecule has 7 heteroatoms. The number of aromatic hydroxyl groups is 1. The van der Waals surface area contributed by atoms with Crippen LogP contribution < -0.4 is 5.32 Å². The lowest BCUT2D eigenvalue weighted by atomic mass is 10.0. The molecule has 6 nitrogen and oxygen atoms in total. The van der Waals surface area contributed by atoms with Crippen molar-refractivity contribution in [2.45, 2.75) is 18.9 Å². The quantitative estimate of drug-likeness (QED) is 0.623. The number of nitrogens with one attached hydrogen (secondary N) is 1. The zero-order valence-electron chi connectivity index (χ0n) is 10.2. The second-order valence-electron chi connectivity index (χ2n) is 4.41. The van der Waals surface area contributed by atoms with E-state index in [1.807, 2.05) is 0 Å². The number of hydrogen-bond donors (Lipinski definition) is 4. The highest BCUT2D eigenvalue weighted by Gasteiger charge is 2.25. The molecule has 1 amide bonds. The van der Waals surface area contributed by atoms with Crippen LogP contribution in [-0.4, -0.2) is 39.3 Å². The van der Waals surface area contributed by atoms with Crippen molar-refractivity contribution >= 4 is 11.9 Å². The van der Waals surface area contributed by atoms with Gasteiger partial charge in [0.1, 0.15) is 11.6 Å². The highest BCUT2D eigenvalue weighted by molar-refractivity contribution is 5.94. The number of halogens is 1. The Morgan fingerprint density at radius 2 is 2.05 bits per heavy atom. The number of carbonyl (C=O) groups is 2. The van der Waals surface area contributed by atoms with Crippen molar-refractivity contribution < 1.29 is 29.3 Å². The molecule has 0 heterocycles. The molecular weight excluding hydrogens is 257 g/mol. The Kier molecular flexibility index (Phi) is 4.44. The third kappa shape index (κ3) is 4.55. The molecular formula is C12H14FNO5. The first kappa shape index (κ1) is 14.9. The van der Waals surface area contributed by atoms with Crippen LogP contribution in [0.3, 0.4) is 0 Å². The number of phenolic OH excluding ortho intramolecular Hbond substituents is 1. The average Bonchev–Trinajstić information content (AvgIpc) is 2.24. The summed E-state index contributed by atoms with van der Waals surface area (Å²) in [5.41, 5.74) is -1.93. The van der Waals surface area contributed by atoms with Gasteiger partial charge < -0.3 is 20.6 Å². The fourth-order valence-electron chi connectivity index (χ4n) is 1.44. The molecule has 0 bridgehead atoms. The first-order valence-corrected chi connectivity index (χ1v) is 5.42. The van der Waals surface area contributed by atoms with Crippen molar-refractivity contribution in [1.82, 2.24) is 5.32 Å². The second kappa shape index (κ2) is 5.66. The number of carboxylic acids is 1. The van der Waals surface area contributed by atoms with E-state index in [0.29, 0.717) is 0 Å². The molecule has 1 atom stereocenters. The molecule has 0 spiro atoms. The van der Waals surface area contributed by atoms with Gasteiger partial charge in [-0.15, -0.1) is 0 Å². The zero-order chi connectivity index (χ0) is 14.6. The van der Waals surface area contributed by atoms with Crippen molar-refractivity contribution in [2.24, 2.45) is 0 Å². The molecule has 0 aliphatic rings. The van der Waals surface area contributed by atoms with E-state index >= 15 is 0 Å². The third-order valence-electron chi connectivity index (χ3n) is 2.36. The summed E-state index contributed by atoms with van der Waals surface area (Å²) in [6, 6.07) is 3.02. The zero-order valence-corrected chi connectivity index (χ0v) is 10.2. The van der Waals surface area contributed by atoms with Crippen LogP contribution in [0.1, 0.15) is 23.7 Å². The Bertz CT molecular complexity index is 501. The molecule has 0 aliphatic heterocycles. The van der Waals surface area contributed by atoms with E-state index in [1.54, 1.807) is 0 Å². The SMILES string of the molecule is CC(O)(CNC(=O)c1ccc(O)cc1F)CC(=O)O. The fraction of sp³-hybridized carbons (Fsp3) is 0.333. The molecule has 0 aliphatic carbocycles. The molecule has 1 aromatic carbocycles. The smallest absolute Gasteiger partial charge is 0.306 e. The Balaban J connectivity index is 2.68. The van der Waals surface area contributed by atoms with Crippen LogP contribution in [0, 0.1) is 5.82 Å². The molecule has 0 fully saturated rings. The van der Waals surface area contributed by atoms with Crippen LogP contribution in [0.25, 0.3) is 0 Å². The van der Waals surface area contributed by atoms with Gasteiger partial charge in [0.25, 0.3) is 5.91 Å². The lowest BCUT2D eigenvalue weighted by molar-refractivity contribution is -0.141. The summed E-state index contributed by atoms with van der Waals surface area (Å²) in [6.07, 6.45) is -0.550. The lowest BCUT2D eigenvalue weighted by Gasteiger charge is -2.21. The maximum atomic E-state index is 13.4. The number of benzene rings is 1. The minimum atomic E-state index is -1.63. The van der Waals surface area contributed by atoms with E-state index in [2.05, 4.69) is 5.32 Å². The van der Waals surface area contributed by atoms with Gasteiger partial charge in [0.2, 0.25) is 0 Å². The summed E-state index contributed by atoms with van der Waals surface area (Å²) < 4.78 is 13.4. The predicted molar refractivity (Wildman–Crippen MR) is 63.3 cm³/mol. The molecule has 4 N–H and O–H groups in total. The number of aliphatic carboxylic acids is 1. The molecule has 19 heavy (non-hydrogen) atoms. The van der Waals surface area contributed by atoms with E-state index in [9.17, 15) is 19.1 Å². The summed E-state index contributed by atoms with van der Waals surface area (Å²) in [6.45, 7) is 0.910. The van der Waals surface area contributed by atoms with Gasteiger partial charge in [0, 0.05) is 12.6 Å². The van der Waals surface area contributed by atoms with Crippen molar-refractivity contribution in [3.63, 3.8) is 0 Å². The molecule has 0 saturated carbocycles. The molecule has 1 aromatic rings. The second-order valence-corrected chi connectivity index (χ2v) is 4.41. The van der Waals surface area contributed by atoms with E-state index < -0.39 is 29.7 Å². The number of hydrogen-bond acceptors (Lipinski definition) is 4. The standard InChI is InChI=1S/C12H14FNO5/c1-12(19,5-10(16)17)6-14-11(18)8-3-2-7(15)4-9(8)13/h2-4,15,19H,5-6H2,1H3,(H,14,18)(H,16,17). The number of amides is 1. The highest BCUT2D eigenvalue weighted by Crippen LogP contribution is 2.15. The van der Waals surface area contributed by atoms with Crippen LogP contribution in [0.2, 0.25) is 0 Å². The average molecular weight is 271 g/mol. The predicted octanol–water partition coefficient (Wildman–Crippen LogP) is 0.487. The highest BCUT2D eigenvalue weighted by atomic mass is 19.1. The van der Waals surface area contributed by atoms with Gasteiger partial charge in [-0.2, -0.15) is 0 Å². The van der Waals surface area contributed by atoms with Gasteiger partial charge in [0.05, 0.1) is 17.6 Å². The van der Waals surface area contributed by atoms with Gasteiger partial charge >= 0.3 is 5.97 Å². The molecule has 0 radical (unpaired) electrons. The molecule has 0 saturated heterocycles. The maximum Gasteiger partial charge on any atom is 0.306 e. The summed E-state index contributed by atoms with van der Waals surface area (Å²) in [4.78, 5) is 22.1. The molecule has 1 unspecified atom stereocenters.